The van der Waals surface area contributed by atoms with Crippen molar-refractivity contribution in [3.63, 3.8) is 0 Å². The number of aryl methyl sites for hydroxylation is 1. The third-order valence-corrected chi connectivity index (χ3v) is 3.09. The zero-order valence-electron chi connectivity index (χ0n) is 9.39. The molecule has 0 N–H and O–H groups in total. The number of hydrogen-bond donors (Lipinski definition) is 0. The zero-order valence-corrected chi connectivity index (χ0v) is 9.39. The fraction of sp³-hybridized carbons (Fsp3) is 0.500. The van der Waals surface area contributed by atoms with Crippen LogP contribution in [0.5, 0.6) is 0 Å². The van der Waals surface area contributed by atoms with Gasteiger partial charge in [-0.1, -0.05) is 6.07 Å². The molecular formula is C12H15N3O. The van der Waals surface area contributed by atoms with Gasteiger partial charge in [0.2, 0.25) is 0 Å². The van der Waals surface area contributed by atoms with Crippen molar-refractivity contribution in [2.45, 2.75) is 25.7 Å². The first-order valence-corrected chi connectivity index (χ1v) is 5.74. The number of pyridine rings is 1. The maximum absolute atomic E-state index is 5.47. The third kappa shape index (κ3) is 1.59. The highest BCUT2D eigenvalue weighted by atomic mass is 16.5. The first-order valence-electron chi connectivity index (χ1n) is 5.74. The Hall–Kier alpha value is -1.42. The van der Waals surface area contributed by atoms with E-state index in [2.05, 4.69) is 10.1 Å². The van der Waals surface area contributed by atoms with Crippen LogP contribution in [0, 0.1) is 6.92 Å². The molecule has 0 saturated carbocycles. The van der Waals surface area contributed by atoms with Crippen molar-refractivity contribution in [1.29, 1.82) is 0 Å². The van der Waals surface area contributed by atoms with Crippen molar-refractivity contribution in [3.8, 4) is 0 Å². The molecule has 1 saturated heterocycles. The Morgan fingerprint density at radius 1 is 1.44 bits per heavy atom. The highest BCUT2D eigenvalue weighted by molar-refractivity contribution is 5.39. The Kier molecular flexibility index (Phi) is 2.36. The Morgan fingerprint density at radius 2 is 2.38 bits per heavy atom. The standard InChI is InChI=1S/C12H15N3O/c1-9-4-2-6-11-13-12(14-15(9)11)10-5-3-7-16-8-10/h2,4,6,10H,3,5,7-8H2,1H3. The molecule has 0 radical (unpaired) electrons. The molecular weight excluding hydrogens is 202 g/mol. The Bertz CT molecular complexity index is 500. The summed E-state index contributed by atoms with van der Waals surface area (Å²) in [5, 5.41) is 4.56. The van der Waals surface area contributed by atoms with Gasteiger partial charge in [0.15, 0.2) is 11.5 Å². The summed E-state index contributed by atoms with van der Waals surface area (Å²) in [4.78, 5) is 4.57. The summed E-state index contributed by atoms with van der Waals surface area (Å²) in [6, 6.07) is 6.05. The smallest absolute Gasteiger partial charge is 0.157 e. The third-order valence-electron chi connectivity index (χ3n) is 3.09. The molecule has 1 aliphatic heterocycles. The van der Waals surface area contributed by atoms with Gasteiger partial charge in [-0.25, -0.2) is 9.50 Å². The highest BCUT2D eigenvalue weighted by Gasteiger charge is 2.20. The summed E-state index contributed by atoms with van der Waals surface area (Å²) < 4.78 is 7.38. The number of nitrogens with zero attached hydrogens (tertiary/aromatic N) is 3. The van der Waals surface area contributed by atoms with E-state index >= 15 is 0 Å². The molecule has 0 aliphatic carbocycles. The molecule has 16 heavy (non-hydrogen) atoms. The van der Waals surface area contributed by atoms with E-state index in [0.29, 0.717) is 5.92 Å². The molecule has 2 aromatic heterocycles. The van der Waals surface area contributed by atoms with E-state index in [0.717, 1.165) is 43.2 Å². The lowest BCUT2D eigenvalue weighted by molar-refractivity contribution is 0.0781. The minimum atomic E-state index is 0.369. The SMILES string of the molecule is Cc1cccc2nc(C3CCCOC3)nn12. The maximum Gasteiger partial charge on any atom is 0.157 e. The molecule has 4 nitrogen and oxygen atoms in total. The van der Waals surface area contributed by atoms with Gasteiger partial charge in [-0.3, -0.25) is 0 Å². The van der Waals surface area contributed by atoms with Crippen molar-refractivity contribution < 1.29 is 4.74 Å². The minimum absolute atomic E-state index is 0.369. The van der Waals surface area contributed by atoms with Crippen LogP contribution in [-0.2, 0) is 4.74 Å². The van der Waals surface area contributed by atoms with E-state index in [1.165, 1.54) is 0 Å². The van der Waals surface area contributed by atoms with Crippen LogP contribution < -0.4 is 0 Å². The Labute approximate surface area is 94.3 Å². The van der Waals surface area contributed by atoms with Crippen LogP contribution in [0.4, 0.5) is 0 Å². The second kappa shape index (κ2) is 3.87. The van der Waals surface area contributed by atoms with Crippen molar-refractivity contribution in [3.05, 3.63) is 29.7 Å². The quantitative estimate of drug-likeness (QED) is 0.732. The lowest BCUT2D eigenvalue weighted by Gasteiger charge is -2.18. The van der Waals surface area contributed by atoms with Gasteiger partial charge in [0.1, 0.15) is 0 Å². The summed E-state index contributed by atoms with van der Waals surface area (Å²) in [5.74, 6) is 1.29. The van der Waals surface area contributed by atoms with Crippen LogP contribution in [-0.4, -0.2) is 27.8 Å². The largest absolute Gasteiger partial charge is 0.381 e. The van der Waals surface area contributed by atoms with Crippen molar-refractivity contribution in [2.75, 3.05) is 13.2 Å². The second-order valence-electron chi connectivity index (χ2n) is 4.32. The molecule has 0 spiro atoms. The van der Waals surface area contributed by atoms with Crippen LogP contribution in [0.15, 0.2) is 18.2 Å². The fourth-order valence-electron chi connectivity index (χ4n) is 2.17. The van der Waals surface area contributed by atoms with E-state index < -0.39 is 0 Å². The second-order valence-corrected chi connectivity index (χ2v) is 4.32. The van der Waals surface area contributed by atoms with Gasteiger partial charge < -0.3 is 4.74 Å². The number of hydrogen-bond acceptors (Lipinski definition) is 3. The predicted molar refractivity (Wildman–Crippen MR) is 60.5 cm³/mol. The van der Waals surface area contributed by atoms with Crippen LogP contribution in [0.25, 0.3) is 5.65 Å². The van der Waals surface area contributed by atoms with E-state index in [-0.39, 0.29) is 0 Å². The molecule has 1 atom stereocenters. The van der Waals surface area contributed by atoms with Crippen molar-refractivity contribution in [1.82, 2.24) is 14.6 Å². The number of ether oxygens (including phenoxy) is 1. The summed E-state index contributed by atoms with van der Waals surface area (Å²) in [5.41, 5.74) is 2.05. The van der Waals surface area contributed by atoms with Gasteiger partial charge in [0.05, 0.1) is 6.61 Å². The van der Waals surface area contributed by atoms with Gasteiger partial charge in [-0.15, -0.1) is 0 Å². The molecule has 0 bridgehead atoms. The normalized spacial score (nSPS) is 21.4. The van der Waals surface area contributed by atoms with Gasteiger partial charge in [-0.05, 0) is 31.9 Å². The molecule has 3 heterocycles. The van der Waals surface area contributed by atoms with E-state index in [4.69, 9.17) is 4.74 Å². The van der Waals surface area contributed by atoms with E-state index in [1.807, 2.05) is 29.6 Å². The molecule has 2 aromatic rings. The molecule has 4 heteroatoms. The van der Waals surface area contributed by atoms with Crippen molar-refractivity contribution >= 4 is 5.65 Å². The van der Waals surface area contributed by atoms with E-state index in [1.54, 1.807) is 0 Å². The van der Waals surface area contributed by atoms with Gasteiger partial charge in [0.25, 0.3) is 0 Å². The average molecular weight is 217 g/mol. The van der Waals surface area contributed by atoms with Gasteiger partial charge in [0, 0.05) is 18.2 Å². The summed E-state index contributed by atoms with van der Waals surface area (Å²) in [7, 11) is 0. The summed E-state index contributed by atoms with van der Waals surface area (Å²) in [6.07, 6.45) is 2.25. The van der Waals surface area contributed by atoms with Crippen LogP contribution in [0.3, 0.4) is 0 Å². The monoisotopic (exact) mass is 217 g/mol. The van der Waals surface area contributed by atoms with Crippen LogP contribution in [0.1, 0.15) is 30.3 Å². The predicted octanol–water partition coefficient (Wildman–Crippen LogP) is 1.93. The summed E-state index contributed by atoms with van der Waals surface area (Å²) in [6.45, 7) is 3.68. The van der Waals surface area contributed by atoms with E-state index in [9.17, 15) is 0 Å². The lowest BCUT2D eigenvalue weighted by atomic mass is 10.0. The van der Waals surface area contributed by atoms with Crippen LogP contribution in [0.2, 0.25) is 0 Å². The summed E-state index contributed by atoms with van der Waals surface area (Å²) >= 11 is 0. The zero-order chi connectivity index (χ0) is 11.0. The molecule has 3 rings (SSSR count). The molecule has 84 valence electrons. The number of fused-ring (bicyclic) bond motifs is 1. The Morgan fingerprint density at radius 3 is 3.12 bits per heavy atom. The first kappa shape index (κ1) is 9.78. The minimum Gasteiger partial charge on any atom is -0.381 e. The van der Waals surface area contributed by atoms with Crippen LogP contribution >= 0.6 is 0 Å². The van der Waals surface area contributed by atoms with Gasteiger partial charge >= 0.3 is 0 Å². The number of aromatic nitrogens is 3. The topological polar surface area (TPSA) is 39.4 Å². The molecule has 0 amide bonds. The molecule has 1 fully saturated rings. The highest BCUT2D eigenvalue weighted by Crippen LogP contribution is 2.23. The average Bonchev–Trinajstić information content (AvgIpc) is 2.76. The fourth-order valence-corrected chi connectivity index (χ4v) is 2.17. The maximum atomic E-state index is 5.47. The Balaban J connectivity index is 2.01. The lowest BCUT2D eigenvalue weighted by Crippen LogP contribution is -2.16. The number of rotatable bonds is 1. The first-order chi connectivity index (χ1) is 7.84. The molecule has 1 unspecified atom stereocenters. The van der Waals surface area contributed by atoms with Crippen molar-refractivity contribution in [2.24, 2.45) is 0 Å². The van der Waals surface area contributed by atoms with Gasteiger partial charge in [-0.2, -0.15) is 5.10 Å². The molecule has 0 aromatic carbocycles. The molecule has 1 aliphatic rings.